The van der Waals surface area contributed by atoms with Crippen molar-refractivity contribution in [3.63, 3.8) is 0 Å². The summed E-state index contributed by atoms with van der Waals surface area (Å²) in [6.07, 6.45) is 2.46. The van der Waals surface area contributed by atoms with E-state index in [9.17, 15) is 8.42 Å². The van der Waals surface area contributed by atoms with Crippen molar-refractivity contribution in [2.24, 2.45) is 0 Å². The summed E-state index contributed by atoms with van der Waals surface area (Å²) in [5, 5.41) is 1.95. The van der Waals surface area contributed by atoms with Crippen LogP contribution in [0.5, 0.6) is 0 Å². The molecule has 0 saturated heterocycles. The van der Waals surface area contributed by atoms with Gasteiger partial charge in [-0.25, -0.2) is 12.4 Å². The highest BCUT2D eigenvalue weighted by Gasteiger charge is 2.31. The van der Waals surface area contributed by atoms with Gasteiger partial charge in [0.25, 0.3) is 10.0 Å². The Kier molecular flexibility index (Phi) is 3.88. The number of fused-ring (bicyclic) bond motifs is 2. The van der Waals surface area contributed by atoms with E-state index in [1.165, 1.54) is 3.97 Å². The van der Waals surface area contributed by atoms with Gasteiger partial charge in [0, 0.05) is 39.3 Å². The zero-order valence-electron chi connectivity index (χ0n) is 13.8. The Labute approximate surface area is 156 Å². The first-order valence-corrected chi connectivity index (χ1v) is 10.0. The summed E-state index contributed by atoms with van der Waals surface area (Å²) < 4.78 is 27.6. The molecule has 25 heavy (non-hydrogen) atoms. The van der Waals surface area contributed by atoms with E-state index in [2.05, 4.69) is 4.90 Å². The molecular weight excluding hydrogens is 379 g/mol. The second kappa shape index (κ2) is 5.74. The number of hydrogen-bond acceptors (Lipinski definition) is 3. The van der Waals surface area contributed by atoms with Crippen LogP contribution in [0.3, 0.4) is 0 Å². The smallest absolute Gasteiger partial charge is 0.268 e. The summed E-state index contributed by atoms with van der Waals surface area (Å²) in [5.41, 5.74) is 3.04. The molecule has 1 aromatic heterocycles. The maximum atomic E-state index is 13.1. The van der Waals surface area contributed by atoms with Gasteiger partial charge in [0.15, 0.2) is 0 Å². The van der Waals surface area contributed by atoms with E-state index in [0.717, 1.165) is 29.5 Å². The van der Waals surface area contributed by atoms with Crippen molar-refractivity contribution in [2.45, 2.75) is 11.3 Å². The second-order valence-corrected chi connectivity index (χ2v) is 9.15. The summed E-state index contributed by atoms with van der Waals surface area (Å²) in [6, 6.07) is 8.49. The molecule has 0 unspecified atom stereocenters. The predicted molar refractivity (Wildman–Crippen MR) is 102 cm³/mol. The van der Waals surface area contributed by atoms with Gasteiger partial charge in [-0.3, -0.25) is 0 Å². The summed E-state index contributed by atoms with van der Waals surface area (Å²) in [5.74, 6) is 0. The first-order chi connectivity index (χ1) is 11.8. The minimum Gasteiger partial charge on any atom is -0.309 e. The molecule has 0 spiro atoms. The third kappa shape index (κ3) is 2.57. The van der Waals surface area contributed by atoms with Crippen molar-refractivity contribution in [3.05, 3.63) is 52.1 Å². The van der Waals surface area contributed by atoms with E-state index < -0.39 is 10.0 Å². The average Bonchev–Trinajstić information content (AvgIpc) is 2.90. The van der Waals surface area contributed by atoms with Crippen LogP contribution in [0.25, 0.3) is 22.0 Å². The van der Waals surface area contributed by atoms with Crippen molar-refractivity contribution in [1.82, 2.24) is 8.87 Å². The van der Waals surface area contributed by atoms with Crippen LogP contribution < -0.4 is 0 Å². The molecular formula is C18H16Cl2N2O2S. The lowest BCUT2D eigenvalue weighted by atomic mass is 10.0. The number of nitrogens with zero attached hydrogens (tertiary/aromatic N) is 2. The van der Waals surface area contributed by atoms with Crippen LogP contribution in [0.2, 0.25) is 10.0 Å². The zero-order chi connectivity index (χ0) is 17.9. The average molecular weight is 395 g/mol. The number of rotatable bonds is 3. The first kappa shape index (κ1) is 16.9. The van der Waals surface area contributed by atoms with Crippen molar-refractivity contribution in [1.29, 1.82) is 0 Å². The Hall–Kier alpha value is -1.53. The molecule has 7 heteroatoms. The van der Waals surface area contributed by atoms with E-state index in [0.29, 0.717) is 21.1 Å². The molecule has 2 aromatic carbocycles. The molecule has 0 amide bonds. The van der Waals surface area contributed by atoms with Crippen molar-refractivity contribution in [3.8, 4) is 11.1 Å². The fourth-order valence-corrected chi connectivity index (χ4v) is 5.33. The Morgan fingerprint density at radius 3 is 2.48 bits per heavy atom. The maximum Gasteiger partial charge on any atom is 0.268 e. The van der Waals surface area contributed by atoms with Gasteiger partial charge >= 0.3 is 0 Å². The highest BCUT2D eigenvalue weighted by molar-refractivity contribution is 7.90. The van der Waals surface area contributed by atoms with Gasteiger partial charge in [-0.2, -0.15) is 0 Å². The van der Waals surface area contributed by atoms with Crippen LogP contribution >= 0.6 is 23.2 Å². The van der Waals surface area contributed by atoms with E-state index in [1.54, 1.807) is 30.5 Å². The SMILES string of the molecule is CN(C)CCc1cn2c3c(cc(Cl)cc13)-c1cc(Cl)ccc1S2(=O)=O. The van der Waals surface area contributed by atoms with Crippen LogP contribution in [0.1, 0.15) is 5.56 Å². The highest BCUT2D eigenvalue weighted by atomic mass is 35.5. The van der Waals surface area contributed by atoms with Gasteiger partial charge in [0.05, 0.1) is 10.4 Å². The van der Waals surface area contributed by atoms with E-state index in [1.807, 2.05) is 20.2 Å². The van der Waals surface area contributed by atoms with Gasteiger partial charge in [-0.15, -0.1) is 0 Å². The second-order valence-electron chi connectivity index (χ2n) is 6.50. The fourth-order valence-electron chi connectivity index (χ4n) is 3.34. The molecule has 0 saturated carbocycles. The van der Waals surface area contributed by atoms with Gasteiger partial charge < -0.3 is 4.90 Å². The van der Waals surface area contributed by atoms with Crippen LogP contribution in [-0.4, -0.2) is 37.9 Å². The fraction of sp³-hybridized carbons (Fsp3) is 0.222. The zero-order valence-corrected chi connectivity index (χ0v) is 16.1. The third-order valence-corrected chi connectivity index (χ3v) is 6.68. The van der Waals surface area contributed by atoms with Gasteiger partial charge in [-0.05, 0) is 56.4 Å². The van der Waals surface area contributed by atoms with Crippen molar-refractivity contribution < 1.29 is 8.42 Å². The van der Waals surface area contributed by atoms with E-state index in [4.69, 9.17) is 23.2 Å². The summed E-state index contributed by atoms with van der Waals surface area (Å²) in [7, 11) is 0.327. The molecule has 1 aliphatic rings. The summed E-state index contributed by atoms with van der Waals surface area (Å²) >= 11 is 12.5. The molecule has 0 bridgehead atoms. The topological polar surface area (TPSA) is 42.3 Å². The molecule has 0 N–H and O–H groups in total. The Bertz CT molecular complexity index is 1120. The lowest BCUT2D eigenvalue weighted by Crippen LogP contribution is -2.17. The molecule has 3 aromatic rings. The van der Waals surface area contributed by atoms with Crippen molar-refractivity contribution >= 4 is 44.1 Å². The highest BCUT2D eigenvalue weighted by Crippen LogP contribution is 2.44. The van der Waals surface area contributed by atoms with Crippen molar-refractivity contribution in [2.75, 3.05) is 20.6 Å². The standard InChI is InChI=1S/C18H16Cl2N2O2S/c1-21(2)6-5-11-10-22-18-14(11)8-13(20)9-16(18)15-7-12(19)3-4-17(15)25(22,23)24/h3-4,7-10H,5-6H2,1-2H3. The van der Waals surface area contributed by atoms with E-state index in [-0.39, 0.29) is 4.90 Å². The third-order valence-electron chi connectivity index (χ3n) is 4.51. The first-order valence-electron chi connectivity index (χ1n) is 7.83. The molecule has 2 heterocycles. The predicted octanol–water partition coefficient (Wildman–Crippen LogP) is 4.27. The van der Waals surface area contributed by atoms with Crippen LogP contribution in [-0.2, 0) is 16.4 Å². The largest absolute Gasteiger partial charge is 0.309 e. The van der Waals surface area contributed by atoms with Crippen LogP contribution in [0.15, 0.2) is 41.4 Å². The summed E-state index contributed by atoms with van der Waals surface area (Å²) in [4.78, 5) is 2.32. The normalized spacial score (nSPS) is 14.9. The van der Waals surface area contributed by atoms with Gasteiger partial charge in [0.1, 0.15) is 0 Å². The minimum absolute atomic E-state index is 0.253. The maximum absolute atomic E-state index is 13.1. The Morgan fingerprint density at radius 2 is 1.76 bits per heavy atom. The molecule has 0 aliphatic carbocycles. The molecule has 130 valence electrons. The monoisotopic (exact) mass is 394 g/mol. The Morgan fingerprint density at radius 1 is 1.04 bits per heavy atom. The minimum atomic E-state index is -3.65. The number of likely N-dealkylation sites (N-methyl/N-ethyl adjacent to an activating group) is 1. The molecule has 4 nitrogen and oxygen atoms in total. The van der Waals surface area contributed by atoms with Gasteiger partial charge in [0.2, 0.25) is 0 Å². The van der Waals surface area contributed by atoms with Gasteiger partial charge in [-0.1, -0.05) is 23.2 Å². The molecule has 0 fully saturated rings. The lowest BCUT2D eigenvalue weighted by molar-refractivity contribution is 0.414. The molecule has 4 rings (SSSR count). The lowest BCUT2D eigenvalue weighted by Gasteiger charge is -2.20. The van der Waals surface area contributed by atoms with E-state index >= 15 is 0 Å². The molecule has 0 atom stereocenters. The van der Waals surface area contributed by atoms with Crippen LogP contribution in [0.4, 0.5) is 0 Å². The number of halogens is 2. The number of benzene rings is 2. The van der Waals surface area contributed by atoms with Crippen LogP contribution in [0, 0.1) is 0 Å². The summed E-state index contributed by atoms with van der Waals surface area (Å²) in [6.45, 7) is 0.819. The molecule has 0 radical (unpaired) electrons. The quantitative estimate of drug-likeness (QED) is 0.520. The number of aromatic nitrogens is 1. The Balaban J connectivity index is 2.09. The number of hydrogen-bond donors (Lipinski definition) is 0. The molecule has 1 aliphatic heterocycles.